The van der Waals surface area contributed by atoms with Crippen LogP contribution in [0, 0.1) is 20.8 Å². The molecule has 0 radical (unpaired) electrons. The molecule has 3 heterocycles. The highest BCUT2D eigenvalue weighted by Gasteiger charge is 2.20. The van der Waals surface area contributed by atoms with E-state index >= 15 is 0 Å². The lowest BCUT2D eigenvalue weighted by molar-refractivity contribution is 0.0472. The number of ether oxygens (including phenoxy) is 1. The number of esters is 1. The lowest BCUT2D eigenvalue weighted by atomic mass is 10.1. The number of aromatic amines is 1. The van der Waals surface area contributed by atoms with Gasteiger partial charge in [-0.15, -0.1) is 0 Å². The molecule has 3 rings (SSSR count). The van der Waals surface area contributed by atoms with E-state index in [9.17, 15) is 14.4 Å². The van der Waals surface area contributed by atoms with E-state index in [1.54, 1.807) is 30.5 Å². The molecule has 0 atom stereocenters. The second-order valence-electron chi connectivity index (χ2n) is 5.83. The zero-order valence-electron chi connectivity index (χ0n) is 14.5. The summed E-state index contributed by atoms with van der Waals surface area (Å²) in [6.07, 6.45) is 1.41. The van der Waals surface area contributed by atoms with E-state index in [1.165, 1.54) is 18.3 Å². The van der Waals surface area contributed by atoms with Crippen molar-refractivity contribution in [1.29, 1.82) is 0 Å². The number of aromatic nitrogens is 3. The fourth-order valence-corrected chi connectivity index (χ4v) is 2.73. The van der Waals surface area contributed by atoms with Crippen LogP contribution in [0.3, 0.4) is 0 Å². The third-order valence-electron chi connectivity index (χ3n) is 3.95. The van der Waals surface area contributed by atoms with Gasteiger partial charge in [0.15, 0.2) is 12.4 Å². The summed E-state index contributed by atoms with van der Waals surface area (Å²) in [6.45, 7) is 4.92. The van der Waals surface area contributed by atoms with Gasteiger partial charge >= 0.3 is 5.97 Å². The predicted molar refractivity (Wildman–Crippen MR) is 91.7 cm³/mol. The van der Waals surface area contributed by atoms with E-state index in [-0.39, 0.29) is 11.3 Å². The van der Waals surface area contributed by atoms with E-state index < -0.39 is 18.1 Å². The average molecular weight is 355 g/mol. The highest BCUT2D eigenvalue weighted by Crippen LogP contribution is 2.21. The number of hydrogen-bond acceptors (Lipinski definition) is 6. The van der Waals surface area contributed by atoms with Gasteiger partial charge in [0.05, 0.1) is 0 Å². The zero-order valence-corrected chi connectivity index (χ0v) is 14.5. The molecule has 3 aromatic rings. The Bertz CT molecular complexity index is 1040. The molecule has 0 amide bonds. The van der Waals surface area contributed by atoms with Crippen molar-refractivity contribution < 1.29 is 18.8 Å². The van der Waals surface area contributed by atoms with E-state index in [0.29, 0.717) is 22.8 Å². The quantitative estimate of drug-likeness (QED) is 0.555. The molecule has 0 fully saturated rings. The fraction of sp³-hybridized carbons (Fsp3) is 0.222. The Labute approximate surface area is 148 Å². The van der Waals surface area contributed by atoms with Gasteiger partial charge < -0.3 is 14.2 Å². The molecule has 1 N–H and O–H groups in total. The highest BCUT2D eigenvalue weighted by atomic mass is 16.5. The minimum absolute atomic E-state index is 0.149. The van der Waals surface area contributed by atoms with Crippen LogP contribution < -0.4 is 5.56 Å². The lowest BCUT2D eigenvalue weighted by Gasteiger charge is -2.06. The second kappa shape index (κ2) is 6.83. The molecular weight excluding hydrogens is 338 g/mol. The maximum atomic E-state index is 12.5. The molecule has 8 heteroatoms. The Morgan fingerprint density at radius 1 is 1.23 bits per heavy atom. The van der Waals surface area contributed by atoms with Crippen LogP contribution in [0.15, 0.2) is 39.8 Å². The predicted octanol–water partition coefficient (Wildman–Crippen LogP) is 2.12. The molecule has 134 valence electrons. The summed E-state index contributed by atoms with van der Waals surface area (Å²) in [5.41, 5.74) is 1.16. The van der Waals surface area contributed by atoms with Crippen molar-refractivity contribution in [2.75, 3.05) is 6.61 Å². The van der Waals surface area contributed by atoms with Gasteiger partial charge in [-0.25, -0.2) is 4.79 Å². The average Bonchev–Trinajstić information content (AvgIpc) is 3.15. The molecule has 0 aliphatic carbocycles. The number of pyridine rings is 1. The molecule has 0 aliphatic heterocycles. The fourth-order valence-electron chi connectivity index (χ4n) is 2.73. The lowest BCUT2D eigenvalue weighted by Crippen LogP contribution is -2.21. The van der Waals surface area contributed by atoms with E-state index in [2.05, 4.69) is 10.1 Å². The van der Waals surface area contributed by atoms with Gasteiger partial charge in [-0.3, -0.25) is 14.2 Å². The molecule has 8 nitrogen and oxygen atoms in total. The van der Waals surface area contributed by atoms with Crippen LogP contribution in [-0.2, 0) is 4.74 Å². The Balaban J connectivity index is 1.78. The van der Waals surface area contributed by atoms with E-state index in [4.69, 9.17) is 9.26 Å². The van der Waals surface area contributed by atoms with Crippen molar-refractivity contribution in [3.05, 3.63) is 69.1 Å². The monoisotopic (exact) mass is 355 g/mol. The van der Waals surface area contributed by atoms with Crippen molar-refractivity contribution >= 4 is 11.8 Å². The minimum Gasteiger partial charge on any atom is -0.454 e. The highest BCUT2D eigenvalue weighted by molar-refractivity contribution is 6.00. The number of nitrogens with one attached hydrogen (secondary N) is 1. The molecule has 26 heavy (non-hydrogen) atoms. The number of nitrogens with zero attached hydrogens (tertiary/aromatic N) is 2. The number of Topliss-reactive ketones (excluding diaryl/α,β-unsaturated/α-hetero) is 1. The van der Waals surface area contributed by atoms with Gasteiger partial charge in [-0.2, -0.15) is 0 Å². The third kappa shape index (κ3) is 3.21. The SMILES string of the molecule is Cc1cc(-n2c(C)cc(C(=O)COC(=O)c3ccc[nH]c3=O)c2C)no1. The molecule has 0 unspecified atom stereocenters. The standard InChI is InChI=1S/C18H17N3O5/c1-10-7-14(12(3)21(10)16-8-11(2)26-20-16)15(22)9-25-18(24)13-5-4-6-19-17(13)23/h4-8H,9H2,1-3H3,(H,19,23). The van der Waals surface area contributed by atoms with Gasteiger partial charge in [0.2, 0.25) is 5.78 Å². The Morgan fingerprint density at radius 3 is 2.65 bits per heavy atom. The molecule has 0 aromatic carbocycles. The summed E-state index contributed by atoms with van der Waals surface area (Å²) >= 11 is 0. The molecule has 3 aromatic heterocycles. The Morgan fingerprint density at radius 2 is 2.00 bits per heavy atom. The molecule has 0 bridgehead atoms. The maximum absolute atomic E-state index is 12.5. The number of carbonyl (C=O) groups excluding carboxylic acids is 2. The number of hydrogen-bond donors (Lipinski definition) is 1. The number of H-pyrrole nitrogens is 1. The Kier molecular flexibility index (Phi) is 4.57. The number of rotatable bonds is 5. The number of ketones is 1. The molecule has 0 spiro atoms. The first-order chi connectivity index (χ1) is 12.4. The maximum Gasteiger partial charge on any atom is 0.344 e. The summed E-state index contributed by atoms with van der Waals surface area (Å²) in [6, 6.07) is 6.30. The molecular formula is C18H17N3O5. The summed E-state index contributed by atoms with van der Waals surface area (Å²) in [5, 5.41) is 3.96. The van der Waals surface area contributed by atoms with Crippen molar-refractivity contribution in [1.82, 2.24) is 14.7 Å². The van der Waals surface area contributed by atoms with E-state index in [0.717, 1.165) is 5.69 Å². The van der Waals surface area contributed by atoms with Gasteiger partial charge in [0, 0.05) is 29.2 Å². The first-order valence-electron chi connectivity index (χ1n) is 7.89. The van der Waals surface area contributed by atoms with Crippen LogP contribution in [0.2, 0.25) is 0 Å². The summed E-state index contributed by atoms with van der Waals surface area (Å²) in [4.78, 5) is 38.4. The zero-order chi connectivity index (χ0) is 18.8. The van der Waals surface area contributed by atoms with Crippen molar-refractivity contribution in [3.63, 3.8) is 0 Å². The van der Waals surface area contributed by atoms with Crippen LogP contribution in [0.1, 0.15) is 37.9 Å². The topological polar surface area (TPSA) is 107 Å². The first-order valence-corrected chi connectivity index (χ1v) is 7.89. The second-order valence-corrected chi connectivity index (χ2v) is 5.83. The molecule has 0 saturated heterocycles. The van der Waals surface area contributed by atoms with Crippen molar-refractivity contribution in [2.45, 2.75) is 20.8 Å². The van der Waals surface area contributed by atoms with Crippen LogP contribution in [-0.4, -0.2) is 33.1 Å². The van der Waals surface area contributed by atoms with Crippen LogP contribution in [0.4, 0.5) is 0 Å². The van der Waals surface area contributed by atoms with Crippen LogP contribution >= 0.6 is 0 Å². The number of carbonyl (C=O) groups is 2. The molecule has 0 aliphatic rings. The molecule has 0 saturated carbocycles. The summed E-state index contributed by atoms with van der Waals surface area (Å²) in [5.74, 6) is 0.0122. The summed E-state index contributed by atoms with van der Waals surface area (Å²) in [7, 11) is 0. The van der Waals surface area contributed by atoms with Gasteiger partial charge in [-0.05, 0) is 39.0 Å². The first kappa shape index (κ1) is 17.4. The van der Waals surface area contributed by atoms with Crippen LogP contribution in [0.5, 0.6) is 0 Å². The normalized spacial score (nSPS) is 10.7. The minimum atomic E-state index is -0.846. The Hall–Kier alpha value is -3.42. The van der Waals surface area contributed by atoms with Crippen LogP contribution in [0.25, 0.3) is 5.82 Å². The van der Waals surface area contributed by atoms with Crippen molar-refractivity contribution in [3.8, 4) is 5.82 Å². The third-order valence-corrected chi connectivity index (χ3v) is 3.95. The smallest absolute Gasteiger partial charge is 0.344 e. The number of aryl methyl sites for hydroxylation is 2. The largest absolute Gasteiger partial charge is 0.454 e. The van der Waals surface area contributed by atoms with Gasteiger partial charge in [-0.1, -0.05) is 5.16 Å². The van der Waals surface area contributed by atoms with E-state index in [1.807, 2.05) is 6.92 Å². The van der Waals surface area contributed by atoms with Crippen molar-refractivity contribution in [2.24, 2.45) is 0 Å². The van der Waals surface area contributed by atoms with Gasteiger partial charge in [0.1, 0.15) is 11.3 Å². The van der Waals surface area contributed by atoms with Gasteiger partial charge in [0.25, 0.3) is 5.56 Å². The summed E-state index contributed by atoms with van der Waals surface area (Å²) < 4.78 is 11.9.